The van der Waals surface area contributed by atoms with Gasteiger partial charge in [-0.25, -0.2) is 9.13 Å². The molecule has 25 heavy (non-hydrogen) atoms. The third-order valence-corrected chi connectivity index (χ3v) is 5.35. The average Bonchev–Trinajstić information content (AvgIpc) is 3.00. The maximum Gasteiger partial charge on any atom is 0.256 e. The molecule has 1 aromatic heterocycles. The fourth-order valence-corrected chi connectivity index (χ4v) is 3.67. The molecule has 0 bridgehead atoms. The molecule has 2 nitrogen and oxygen atoms in total. The van der Waals surface area contributed by atoms with Crippen LogP contribution in [0.1, 0.15) is 116 Å². The lowest BCUT2D eigenvalue weighted by molar-refractivity contribution is -0.704. The molecule has 0 aliphatic rings. The molecular formula is C23H45N2+. The Balaban J connectivity index is 2.44. The number of hydrogen-bond donors (Lipinski definition) is 0. The van der Waals surface area contributed by atoms with Gasteiger partial charge in [0.25, 0.3) is 5.82 Å². The summed E-state index contributed by atoms with van der Waals surface area (Å²) in [5.41, 5.74) is 0. The van der Waals surface area contributed by atoms with E-state index in [-0.39, 0.29) is 0 Å². The summed E-state index contributed by atoms with van der Waals surface area (Å²) in [4.78, 5) is 0. The number of nitrogens with zero attached hydrogens (tertiary/aromatic N) is 2. The molecule has 0 aliphatic carbocycles. The van der Waals surface area contributed by atoms with Crippen LogP contribution in [0.15, 0.2) is 12.4 Å². The summed E-state index contributed by atoms with van der Waals surface area (Å²) in [7, 11) is 0. The maximum atomic E-state index is 2.55. The first-order valence-corrected chi connectivity index (χ1v) is 11.4. The van der Waals surface area contributed by atoms with Crippen LogP contribution in [0.5, 0.6) is 0 Å². The number of unbranched alkanes of at least 4 members (excludes halogenated alkanes) is 11. The fraction of sp³-hybridized carbons (Fsp3) is 0.870. The Kier molecular flexibility index (Phi) is 13.8. The Morgan fingerprint density at radius 2 is 1.24 bits per heavy atom. The van der Waals surface area contributed by atoms with E-state index < -0.39 is 0 Å². The standard InChI is InChI=1S/C23H45N2/c1-4-7-10-12-13-14-15-18-23-24(19-16-9-6-3)21-22-25(23)20-17-11-8-5-2/h21-22H,4-20H2,1-3H3/q+1. The predicted molar refractivity (Wildman–Crippen MR) is 110 cm³/mol. The first kappa shape index (κ1) is 22.3. The van der Waals surface area contributed by atoms with E-state index in [0.29, 0.717) is 0 Å². The average molecular weight is 350 g/mol. The van der Waals surface area contributed by atoms with Crippen LogP contribution in [0.3, 0.4) is 0 Å². The number of hydrogen-bond acceptors (Lipinski definition) is 0. The van der Waals surface area contributed by atoms with Gasteiger partial charge < -0.3 is 0 Å². The third kappa shape index (κ3) is 10.1. The van der Waals surface area contributed by atoms with Crippen molar-refractivity contribution in [2.24, 2.45) is 0 Å². The van der Waals surface area contributed by atoms with Crippen molar-refractivity contribution in [2.75, 3.05) is 0 Å². The summed E-state index contributed by atoms with van der Waals surface area (Å²) in [6.45, 7) is 9.31. The van der Waals surface area contributed by atoms with Crippen LogP contribution >= 0.6 is 0 Å². The van der Waals surface area contributed by atoms with Crippen molar-refractivity contribution in [1.29, 1.82) is 0 Å². The van der Waals surface area contributed by atoms with Gasteiger partial charge in [-0.2, -0.15) is 0 Å². The zero-order valence-electron chi connectivity index (χ0n) is 17.6. The molecule has 0 aromatic carbocycles. The molecule has 146 valence electrons. The number of aromatic nitrogens is 2. The van der Waals surface area contributed by atoms with Crippen molar-refractivity contribution in [3.8, 4) is 0 Å². The molecule has 0 amide bonds. The van der Waals surface area contributed by atoms with Gasteiger partial charge >= 0.3 is 0 Å². The molecule has 0 radical (unpaired) electrons. The van der Waals surface area contributed by atoms with Gasteiger partial charge in [-0.05, 0) is 32.1 Å². The lowest BCUT2D eigenvalue weighted by atomic mass is 10.1. The lowest BCUT2D eigenvalue weighted by Crippen LogP contribution is -2.37. The van der Waals surface area contributed by atoms with Crippen molar-refractivity contribution in [3.05, 3.63) is 18.2 Å². The Labute approximate surface area is 158 Å². The van der Waals surface area contributed by atoms with Crippen LogP contribution in [0.4, 0.5) is 0 Å². The molecule has 0 unspecified atom stereocenters. The monoisotopic (exact) mass is 349 g/mol. The predicted octanol–water partition coefficient (Wildman–Crippen LogP) is 6.84. The molecule has 0 atom stereocenters. The minimum Gasteiger partial charge on any atom is -0.234 e. The van der Waals surface area contributed by atoms with Gasteiger partial charge in [0.15, 0.2) is 0 Å². The number of imidazole rings is 1. The second-order valence-electron chi connectivity index (χ2n) is 7.74. The van der Waals surface area contributed by atoms with Gasteiger partial charge in [-0.3, -0.25) is 0 Å². The highest BCUT2D eigenvalue weighted by Gasteiger charge is 2.16. The molecule has 0 fully saturated rings. The van der Waals surface area contributed by atoms with Crippen molar-refractivity contribution in [3.63, 3.8) is 0 Å². The topological polar surface area (TPSA) is 8.81 Å². The van der Waals surface area contributed by atoms with Gasteiger partial charge in [0.05, 0.1) is 13.1 Å². The Hall–Kier alpha value is -0.790. The minimum absolute atomic E-state index is 1.21. The molecule has 1 heterocycles. The zero-order chi connectivity index (χ0) is 18.2. The van der Waals surface area contributed by atoms with Crippen LogP contribution in [-0.4, -0.2) is 4.57 Å². The second kappa shape index (κ2) is 15.5. The molecule has 2 heteroatoms. The summed E-state index contributed by atoms with van der Waals surface area (Å²) in [5, 5.41) is 0. The molecule has 0 N–H and O–H groups in total. The van der Waals surface area contributed by atoms with E-state index in [4.69, 9.17) is 0 Å². The normalized spacial score (nSPS) is 11.3. The van der Waals surface area contributed by atoms with Gasteiger partial charge in [0.1, 0.15) is 12.4 Å². The van der Waals surface area contributed by atoms with E-state index in [2.05, 4.69) is 42.3 Å². The summed E-state index contributed by atoms with van der Waals surface area (Å²) in [5.74, 6) is 1.58. The number of rotatable bonds is 17. The van der Waals surface area contributed by atoms with Gasteiger partial charge in [-0.15, -0.1) is 0 Å². The van der Waals surface area contributed by atoms with Crippen molar-refractivity contribution < 1.29 is 4.57 Å². The summed E-state index contributed by atoms with van der Waals surface area (Å²) < 4.78 is 5.10. The van der Waals surface area contributed by atoms with E-state index >= 15 is 0 Å². The van der Waals surface area contributed by atoms with E-state index in [1.807, 2.05) is 0 Å². The molecule has 1 aromatic rings. The molecule has 1 rings (SSSR count). The van der Waals surface area contributed by atoms with Crippen molar-refractivity contribution in [2.45, 2.75) is 130 Å². The van der Waals surface area contributed by atoms with Gasteiger partial charge in [0.2, 0.25) is 0 Å². The van der Waals surface area contributed by atoms with Gasteiger partial charge in [-0.1, -0.05) is 78.6 Å². The summed E-state index contributed by atoms with van der Waals surface area (Å²) >= 11 is 0. The van der Waals surface area contributed by atoms with Crippen molar-refractivity contribution in [1.82, 2.24) is 4.57 Å². The third-order valence-electron chi connectivity index (χ3n) is 5.35. The molecule has 0 spiro atoms. The Bertz CT molecular complexity index is 408. The second-order valence-corrected chi connectivity index (χ2v) is 7.74. The zero-order valence-corrected chi connectivity index (χ0v) is 17.6. The number of aryl methyl sites for hydroxylation is 2. The first-order valence-electron chi connectivity index (χ1n) is 11.4. The SMILES string of the molecule is CCCCCCCCCc1n(CCCCCC)cc[n+]1CCCCC. The fourth-order valence-electron chi connectivity index (χ4n) is 3.67. The van der Waals surface area contributed by atoms with Crippen LogP contribution < -0.4 is 4.57 Å². The Morgan fingerprint density at radius 3 is 1.92 bits per heavy atom. The molecule has 0 saturated carbocycles. The Morgan fingerprint density at radius 1 is 0.680 bits per heavy atom. The van der Waals surface area contributed by atoms with Crippen LogP contribution in [0.2, 0.25) is 0 Å². The van der Waals surface area contributed by atoms with Crippen LogP contribution in [0.25, 0.3) is 0 Å². The summed E-state index contributed by atoms with van der Waals surface area (Å²) in [6, 6.07) is 0. The molecule has 0 aliphatic heterocycles. The van der Waals surface area contributed by atoms with Crippen LogP contribution in [0, 0.1) is 0 Å². The molecule has 0 saturated heterocycles. The van der Waals surface area contributed by atoms with E-state index in [0.717, 1.165) is 0 Å². The largest absolute Gasteiger partial charge is 0.256 e. The van der Waals surface area contributed by atoms with Crippen LogP contribution in [-0.2, 0) is 19.5 Å². The van der Waals surface area contributed by atoms with E-state index in [1.54, 1.807) is 5.82 Å². The summed E-state index contributed by atoms with van der Waals surface area (Å²) in [6.07, 6.45) is 25.2. The van der Waals surface area contributed by atoms with Crippen molar-refractivity contribution >= 4 is 0 Å². The maximum absolute atomic E-state index is 2.55. The lowest BCUT2D eigenvalue weighted by Gasteiger charge is -2.06. The highest BCUT2D eigenvalue weighted by Crippen LogP contribution is 2.11. The highest BCUT2D eigenvalue weighted by molar-refractivity contribution is 4.84. The molecular weight excluding hydrogens is 304 g/mol. The quantitative estimate of drug-likeness (QED) is 0.215. The van der Waals surface area contributed by atoms with E-state index in [1.165, 1.54) is 109 Å². The minimum atomic E-state index is 1.21. The highest BCUT2D eigenvalue weighted by atomic mass is 15.1. The smallest absolute Gasteiger partial charge is 0.234 e. The van der Waals surface area contributed by atoms with E-state index in [9.17, 15) is 0 Å². The first-order chi connectivity index (χ1) is 12.3. The van der Waals surface area contributed by atoms with Gasteiger partial charge in [0, 0.05) is 6.42 Å².